The Balaban J connectivity index is 0.000000383. The van der Waals surface area contributed by atoms with Gasteiger partial charge in [0.15, 0.2) is 0 Å². The number of aromatic nitrogens is 3. The lowest BCUT2D eigenvalue weighted by Gasteiger charge is -2.24. The van der Waals surface area contributed by atoms with Crippen molar-refractivity contribution in [3.8, 4) is 0 Å². The summed E-state index contributed by atoms with van der Waals surface area (Å²) >= 11 is 1.55. The van der Waals surface area contributed by atoms with Gasteiger partial charge in [-0.1, -0.05) is 6.07 Å². The van der Waals surface area contributed by atoms with Crippen molar-refractivity contribution >= 4 is 29.0 Å². The van der Waals surface area contributed by atoms with Crippen molar-refractivity contribution in [1.29, 1.82) is 0 Å². The first-order chi connectivity index (χ1) is 15.6. The molecule has 2 N–H and O–H groups in total. The Bertz CT molecular complexity index is 1080. The average molecular weight is 482 g/mol. The third-order valence-corrected chi connectivity index (χ3v) is 5.77. The fourth-order valence-electron chi connectivity index (χ4n) is 3.24. The minimum Gasteiger partial charge on any atom is -0.475 e. The second-order valence-corrected chi connectivity index (χ2v) is 8.65. The summed E-state index contributed by atoms with van der Waals surface area (Å²) < 4.78 is 33.7. The largest absolute Gasteiger partial charge is 0.490 e. The topological polar surface area (TPSA) is 100 Å². The van der Waals surface area contributed by atoms with Crippen molar-refractivity contribution in [3.63, 3.8) is 0 Å². The highest BCUT2D eigenvalue weighted by Crippen LogP contribution is 2.22. The molecule has 0 saturated carbocycles. The summed E-state index contributed by atoms with van der Waals surface area (Å²) in [4.78, 5) is 30.1. The first kappa shape index (κ1) is 24.2. The van der Waals surface area contributed by atoms with Crippen LogP contribution in [0.2, 0.25) is 0 Å². The smallest absolute Gasteiger partial charge is 0.475 e. The maximum atomic E-state index is 13.0. The molecule has 0 spiro atoms. The van der Waals surface area contributed by atoms with E-state index in [2.05, 4.69) is 15.4 Å². The van der Waals surface area contributed by atoms with Crippen LogP contribution < -0.4 is 5.32 Å². The van der Waals surface area contributed by atoms with E-state index in [-0.39, 0.29) is 11.8 Å². The Morgan fingerprint density at radius 3 is 2.55 bits per heavy atom. The van der Waals surface area contributed by atoms with Gasteiger partial charge in [-0.3, -0.25) is 9.48 Å². The molecule has 1 unspecified atom stereocenters. The van der Waals surface area contributed by atoms with E-state index in [4.69, 9.17) is 9.90 Å². The summed E-state index contributed by atoms with van der Waals surface area (Å²) in [6.45, 7) is 4.84. The lowest BCUT2D eigenvalue weighted by molar-refractivity contribution is -0.192. The number of carboxylic acid groups (broad SMARTS) is 1. The van der Waals surface area contributed by atoms with Gasteiger partial charge in [0.05, 0.1) is 17.1 Å². The molecule has 0 saturated heterocycles. The number of pyridine rings is 1. The minimum atomic E-state index is -5.08. The number of hydrogen-bond acceptors (Lipinski definition) is 6. The van der Waals surface area contributed by atoms with Gasteiger partial charge in [-0.25, -0.2) is 9.78 Å². The van der Waals surface area contributed by atoms with E-state index < -0.39 is 12.1 Å². The number of carbonyl (C=O) groups excluding carboxylic acids is 1. The minimum absolute atomic E-state index is 0.0978. The third-order valence-electron chi connectivity index (χ3n) is 4.78. The van der Waals surface area contributed by atoms with Gasteiger partial charge < -0.3 is 15.3 Å². The van der Waals surface area contributed by atoms with Crippen LogP contribution >= 0.6 is 11.3 Å². The molecule has 3 aromatic rings. The van der Waals surface area contributed by atoms with E-state index in [1.54, 1.807) is 17.5 Å². The Morgan fingerprint density at radius 2 is 1.94 bits per heavy atom. The number of aliphatic carboxylic acids is 1. The molecule has 4 heterocycles. The molecular formula is C21H22F3N5O3S. The van der Waals surface area contributed by atoms with Crippen molar-refractivity contribution in [2.24, 2.45) is 5.92 Å². The van der Waals surface area contributed by atoms with Crippen molar-refractivity contribution < 1.29 is 27.9 Å². The number of nitrogens with zero attached hydrogens (tertiary/aromatic N) is 4. The zero-order valence-electron chi connectivity index (χ0n) is 17.6. The van der Waals surface area contributed by atoms with Crippen LogP contribution in [-0.2, 0) is 17.9 Å². The zero-order valence-corrected chi connectivity index (χ0v) is 18.4. The van der Waals surface area contributed by atoms with E-state index in [0.717, 1.165) is 34.4 Å². The molecule has 0 fully saturated rings. The number of carbonyl (C=O) groups is 2. The lowest BCUT2D eigenvalue weighted by atomic mass is 10.1. The van der Waals surface area contributed by atoms with Crippen LogP contribution in [0.4, 0.5) is 19.0 Å². The molecule has 1 atom stereocenters. The van der Waals surface area contributed by atoms with Crippen LogP contribution in [0.5, 0.6) is 0 Å². The Labute approximate surface area is 191 Å². The fraction of sp³-hybridized carbons (Fsp3) is 0.333. The number of hydrogen-bond donors (Lipinski definition) is 2. The number of nitrogens with one attached hydrogen (secondary N) is 1. The number of aryl methyl sites for hydroxylation is 1. The molecule has 0 bridgehead atoms. The van der Waals surface area contributed by atoms with Crippen molar-refractivity contribution in [1.82, 2.24) is 19.7 Å². The number of fused-ring (bicyclic) bond motifs is 1. The van der Waals surface area contributed by atoms with Gasteiger partial charge in [-0.2, -0.15) is 18.3 Å². The van der Waals surface area contributed by atoms with Gasteiger partial charge >= 0.3 is 12.1 Å². The molecule has 12 heteroatoms. The van der Waals surface area contributed by atoms with Crippen LogP contribution in [0.1, 0.15) is 20.2 Å². The van der Waals surface area contributed by atoms with Crippen LogP contribution in [0.15, 0.2) is 48.8 Å². The maximum absolute atomic E-state index is 13.0. The molecular weight excluding hydrogens is 459 g/mol. The van der Waals surface area contributed by atoms with Crippen molar-refractivity contribution in [2.75, 3.05) is 18.4 Å². The molecule has 0 aliphatic carbocycles. The zero-order chi connectivity index (χ0) is 24.0. The molecule has 176 valence electrons. The molecule has 33 heavy (non-hydrogen) atoms. The molecule has 0 radical (unpaired) electrons. The standard InChI is InChI=1S/C19H21N5OS.C2HF3O2/c1-14-5-6-17(26-14)19(25)23-11-15(10-21-18-4-2-3-8-20-18)12-24-16(13-23)7-9-22-24;3-2(4,5)1(6)7/h2-9,15H,10-13H2,1H3,(H,20,21);(H,6,7). The predicted octanol–water partition coefficient (Wildman–Crippen LogP) is 3.67. The monoisotopic (exact) mass is 481 g/mol. The fourth-order valence-corrected chi connectivity index (χ4v) is 4.07. The summed E-state index contributed by atoms with van der Waals surface area (Å²) in [5, 5.41) is 14.9. The number of alkyl halides is 3. The van der Waals surface area contributed by atoms with Crippen LogP contribution in [0.3, 0.4) is 0 Å². The van der Waals surface area contributed by atoms with Crippen molar-refractivity contribution in [2.45, 2.75) is 26.2 Å². The van der Waals surface area contributed by atoms with Gasteiger partial charge in [0.25, 0.3) is 5.91 Å². The lowest BCUT2D eigenvalue weighted by Crippen LogP contribution is -2.35. The Morgan fingerprint density at radius 1 is 1.18 bits per heavy atom. The first-order valence-corrected chi connectivity index (χ1v) is 10.8. The molecule has 1 amide bonds. The quantitative estimate of drug-likeness (QED) is 0.590. The maximum Gasteiger partial charge on any atom is 0.490 e. The highest BCUT2D eigenvalue weighted by atomic mass is 32.1. The van der Waals surface area contributed by atoms with E-state index in [0.29, 0.717) is 13.1 Å². The molecule has 1 aliphatic rings. The van der Waals surface area contributed by atoms with Crippen LogP contribution in [0.25, 0.3) is 0 Å². The first-order valence-electron chi connectivity index (χ1n) is 9.95. The van der Waals surface area contributed by atoms with E-state index in [9.17, 15) is 18.0 Å². The summed E-state index contributed by atoms with van der Waals surface area (Å²) in [7, 11) is 0. The van der Waals surface area contributed by atoms with Crippen molar-refractivity contribution in [3.05, 3.63) is 64.2 Å². The average Bonchev–Trinajstić information content (AvgIpc) is 3.36. The van der Waals surface area contributed by atoms with Crippen LogP contribution in [0, 0.1) is 12.8 Å². The van der Waals surface area contributed by atoms with Gasteiger partial charge in [-0.05, 0) is 37.3 Å². The predicted molar refractivity (Wildman–Crippen MR) is 116 cm³/mol. The van der Waals surface area contributed by atoms with E-state index >= 15 is 0 Å². The molecule has 3 aromatic heterocycles. The van der Waals surface area contributed by atoms with Gasteiger partial charge in [0.2, 0.25) is 0 Å². The van der Waals surface area contributed by atoms with Crippen LogP contribution in [-0.4, -0.2) is 55.9 Å². The normalized spacial score (nSPS) is 15.6. The highest BCUT2D eigenvalue weighted by molar-refractivity contribution is 7.13. The number of amides is 1. The second-order valence-electron chi connectivity index (χ2n) is 7.37. The highest BCUT2D eigenvalue weighted by Gasteiger charge is 2.38. The number of thiophene rings is 1. The molecule has 0 aromatic carbocycles. The molecule has 4 rings (SSSR count). The summed E-state index contributed by atoms with van der Waals surface area (Å²) in [5.41, 5.74) is 1.08. The Hall–Kier alpha value is -3.41. The second kappa shape index (κ2) is 10.5. The number of halogens is 3. The number of anilines is 1. The summed E-state index contributed by atoms with van der Waals surface area (Å²) in [6.07, 6.45) is -1.50. The van der Waals surface area contributed by atoms with E-state index in [1.807, 2.05) is 59.1 Å². The number of rotatable bonds is 4. The molecule has 1 aliphatic heterocycles. The van der Waals surface area contributed by atoms with Gasteiger partial charge in [-0.15, -0.1) is 11.3 Å². The van der Waals surface area contributed by atoms with E-state index in [1.165, 1.54) is 0 Å². The summed E-state index contributed by atoms with van der Waals surface area (Å²) in [6, 6.07) is 11.7. The Kier molecular flexibility index (Phi) is 7.69. The number of carboxylic acids is 1. The summed E-state index contributed by atoms with van der Waals surface area (Å²) in [5.74, 6) is -1.56. The third kappa shape index (κ3) is 6.78. The van der Waals surface area contributed by atoms with Gasteiger partial charge in [0.1, 0.15) is 5.82 Å². The van der Waals surface area contributed by atoms with Gasteiger partial charge in [0, 0.05) is 42.8 Å². The SMILES string of the molecule is Cc1ccc(C(=O)N2Cc3ccnn3CC(CNc3ccccn3)C2)s1.O=C(O)C(F)(F)F. The molecule has 8 nitrogen and oxygen atoms in total.